The lowest BCUT2D eigenvalue weighted by Crippen LogP contribution is -2.03. The first-order chi connectivity index (χ1) is 11.0. The molecular weight excluding hydrogens is 296 g/mol. The Kier molecular flexibility index (Phi) is 3.70. The van der Waals surface area contributed by atoms with Crippen LogP contribution in [0.5, 0.6) is 17.2 Å². The summed E-state index contributed by atoms with van der Waals surface area (Å²) in [5.41, 5.74) is 1.33. The van der Waals surface area contributed by atoms with Gasteiger partial charge in [-0.1, -0.05) is 11.6 Å². The minimum absolute atomic E-state index is 0.0749. The van der Waals surface area contributed by atoms with E-state index in [4.69, 9.17) is 13.9 Å². The molecular formula is C18H16O5. The highest BCUT2D eigenvalue weighted by atomic mass is 16.5. The van der Waals surface area contributed by atoms with Crippen molar-refractivity contribution >= 4 is 11.0 Å². The van der Waals surface area contributed by atoms with Crippen molar-refractivity contribution in [2.24, 2.45) is 0 Å². The Morgan fingerprint density at radius 1 is 1.04 bits per heavy atom. The molecule has 0 aliphatic carbocycles. The van der Waals surface area contributed by atoms with Gasteiger partial charge >= 0.3 is 0 Å². The topological polar surface area (TPSA) is 68.9 Å². The van der Waals surface area contributed by atoms with Crippen LogP contribution in [0.2, 0.25) is 0 Å². The average Bonchev–Trinajstić information content (AvgIpc) is 2.58. The number of benzene rings is 2. The Bertz CT molecular complexity index is 940. The van der Waals surface area contributed by atoms with Crippen molar-refractivity contribution in [3.05, 3.63) is 52.2 Å². The van der Waals surface area contributed by atoms with E-state index in [-0.39, 0.29) is 5.76 Å². The SMILES string of the molecule is COc1ccc(-c2oc3ccc(C)cc3c(=O)c2O)c(OC)c1. The fraction of sp³-hybridized carbons (Fsp3) is 0.167. The van der Waals surface area contributed by atoms with Crippen LogP contribution in [0.4, 0.5) is 0 Å². The molecule has 3 aromatic rings. The monoisotopic (exact) mass is 312 g/mol. The third-order valence-corrected chi connectivity index (χ3v) is 3.68. The van der Waals surface area contributed by atoms with Crippen LogP contribution < -0.4 is 14.9 Å². The molecule has 0 atom stereocenters. The summed E-state index contributed by atoms with van der Waals surface area (Å²) in [5, 5.41) is 10.6. The molecule has 2 aromatic carbocycles. The maximum absolute atomic E-state index is 12.4. The first-order valence-corrected chi connectivity index (χ1v) is 7.04. The van der Waals surface area contributed by atoms with Crippen molar-refractivity contribution in [2.75, 3.05) is 14.2 Å². The summed E-state index contributed by atoms with van der Waals surface area (Å²) in [7, 11) is 3.04. The van der Waals surface area contributed by atoms with Crippen LogP contribution in [-0.4, -0.2) is 19.3 Å². The Labute approximate surface area is 132 Å². The summed E-state index contributed by atoms with van der Waals surface area (Å²) in [6, 6.07) is 10.3. The van der Waals surface area contributed by atoms with Gasteiger partial charge in [-0.25, -0.2) is 0 Å². The molecule has 0 saturated heterocycles. The number of hydrogen-bond acceptors (Lipinski definition) is 5. The summed E-state index contributed by atoms with van der Waals surface area (Å²) in [6.45, 7) is 1.87. The number of ether oxygens (including phenoxy) is 2. The molecule has 0 saturated carbocycles. The lowest BCUT2D eigenvalue weighted by atomic mass is 10.1. The number of fused-ring (bicyclic) bond motifs is 1. The summed E-state index contributed by atoms with van der Waals surface area (Å²) >= 11 is 0. The zero-order valence-electron chi connectivity index (χ0n) is 13.0. The standard InChI is InChI=1S/C18H16O5/c1-10-4-7-14-13(8-10)16(19)17(20)18(23-14)12-6-5-11(21-2)9-15(12)22-3/h4-9,20H,1-3H3. The van der Waals surface area contributed by atoms with Gasteiger partial charge in [0, 0.05) is 6.07 Å². The highest BCUT2D eigenvalue weighted by molar-refractivity contribution is 5.83. The molecule has 0 aliphatic rings. The van der Waals surface area contributed by atoms with E-state index >= 15 is 0 Å². The van der Waals surface area contributed by atoms with Gasteiger partial charge < -0.3 is 19.0 Å². The van der Waals surface area contributed by atoms with Crippen molar-refractivity contribution < 1.29 is 19.0 Å². The number of methoxy groups -OCH3 is 2. The second kappa shape index (κ2) is 5.68. The van der Waals surface area contributed by atoms with Crippen molar-refractivity contribution in [1.29, 1.82) is 0 Å². The molecule has 23 heavy (non-hydrogen) atoms. The molecule has 1 aromatic heterocycles. The normalized spacial score (nSPS) is 10.7. The van der Waals surface area contributed by atoms with Crippen molar-refractivity contribution in [3.8, 4) is 28.6 Å². The molecule has 0 aliphatic heterocycles. The van der Waals surface area contributed by atoms with Gasteiger partial charge in [0.2, 0.25) is 11.2 Å². The Balaban J connectivity index is 2.31. The van der Waals surface area contributed by atoms with Gasteiger partial charge in [0.15, 0.2) is 5.76 Å². The summed E-state index contributed by atoms with van der Waals surface area (Å²) in [5.74, 6) is 0.676. The maximum Gasteiger partial charge on any atom is 0.235 e. The van der Waals surface area contributed by atoms with Crippen LogP contribution >= 0.6 is 0 Å². The van der Waals surface area contributed by atoms with E-state index in [1.54, 1.807) is 37.4 Å². The van der Waals surface area contributed by atoms with Crippen LogP contribution in [0, 0.1) is 6.92 Å². The van der Waals surface area contributed by atoms with Crippen molar-refractivity contribution in [2.45, 2.75) is 6.92 Å². The molecule has 1 N–H and O–H groups in total. The third-order valence-electron chi connectivity index (χ3n) is 3.68. The van der Waals surface area contributed by atoms with Gasteiger partial charge in [-0.3, -0.25) is 4.79 Å². The van der Waals surface area contributed by atoms with Gasteiger partial charge in [0.25, 0.3) is 0 Å². The van der Waals surface area contributed by atoms with Gasteiger partial charge in [0.1, 0.15) is 17.1 Å². The number of aryl methyl sites for hydroxylation is 1. The summed E-state index contributed by atoms with van der Waals surface area (Å²) in [6.07, 6.45) is 0. The van der Waals surface area contributed by atoms with Crippen LogP contribution in [0.25, 0.3) is 22.3 Å². The lowest BCUT2D eigenvalue weighted by molar-refractivity contribution is 0.393. The van der Waals surface area contributed by atoms with E-state index in [0.717, 1.165) is 5.56 Å². The molecule has 3 rings (SSSR count). The van der Waals surface area contributed by atoms with Crippen molar-refractivity contribution in [3.63, 3.8) is 0 Å². The molecule has 1 heterocycles. The van der Waals surface area contributed by atoms with Gasteiger partial charge in [-0.15, -0.1) is 0 Å². The quantitative estimate of drug-likeness (QED) is 0.801. The molecule has 0 amide bonds. The predicted molar refractivity (Wildman–Crippen MR) is 87.4 cm³/mol. The van der Waals surface area contributed by atoms with Crippen molar-refractivity contribution in [1.82, 2.24) is 0 Å². The molecule has 5 heteroatoms. The number of aromatic hydroxyl groups is 1. The molecule has 0 radical (unpaired) electrons. The van der Waals surface area contributed by atoms with Gasteiger partial charge in [0.05, 0.1) is 25.2 Å². The second-order valence-electron chi connectivity index (χ2n) is 5.17. The minimum Gasteiger partial charge on any atom is -0.502 e. The molecule has 0 unspecified atom stereocenters. The summed E-state index contributed by atoms with van der Waals surface area (Å²) < 4.78 is 16.2. The zero-order valence-corrected chi connectivity index (χ0v) is 13.0. The van der Waals surface area contributed by atoms with E-state index in [9.17, 15) is 9.90 Å². The maximum atomic E-state index is 12.4. The van der Waals surface area contributed by atoms with Crippen LogP contribution in [-0.2, 0) is 0 Å². The smallest absolute Gasteiger partial charge is 0.235 e. The van der Waals surface area contributed by atoms with Crippen LogP contribution in [0.15, 0.2) is 45.6 Å². The first-order valence-electron chi connectivity index (χ1n) is 7.04. The molecule has 5 nitrogen and oxygen atoms in total. The Hall–Kier alpha value is -2.95. The van der Waals surface area contributed by atoms with E-state index in [2.05, 4.69) is 0 Å². The highest BCUT2D eigenvalue weighted by Crippen LogP contribution is 2.38. The average molecular weight is 312 g/mol. The molecule has 118 valence electrons. The zero-order chi connectivity index (χ0) is 16.6. The number of rotatable bonds is 3. The highest BCUT2D eigenvalue weighted by Gasteiger charge is 2.19. The third kappa shape index (κ3) is 2.50. The van der Waals surface area contributed by atoms with Crippen LogP contribution in [0.1, 0.15) is 5.56 Å². The second-order valence-corrected chi connectivity index (χ2v) is 5.17. The first kappa shape index (κ1) is 15.0. The van der Waals surface area contributed by atoms with E-state index in [1.807, 2.05) is 13.0 Å². The molecule has 0 bridgehead atoms. The summed E-state index contributed by atoms with van der Waals surface area (Å²) in [4.78, 5) is 12.4. The number of hydrogen-bond donors (Lipinski definition) is 1. The van der Waals surface area contributed by atoms with Crippen LogP contribution in [0.3, 0.4) is 0 Å². The Morgan fingerprint density at radius 2 is 1.83 bits per heavy atom. The van der Waals surface area contributed by atoms with E-state index in [0.29, 0.717) is 28.0 Å². The lowest BCUT2D eigenvalue weighted by Gasteiger charge is -2.11. The Morgan fingerprint density at radius 3 is 2.52 bits per heavy atom. The molecule has 0 spiro atoms. The van der Waals surface area contributed by atoms with E-state index in [1.165, 1.54) is 7.11 Å². The van der Waals surface area contributed by atoms with E-state index < -0.39 is 11.2 Å². The minimum atomic E-state index is -0.470. The fourth-order valence-corrected chi connectivity index (χ4v) is 2.47. The molecule has 0 fully saturated rings. The van der Waals surface area contributed by atoms with Gasteiger partial charge in [-0.2, -0.15) is 0 Å². The fourth-order valence-electron chi connectivity index (χ4n) is 2.47. The van der Waals surface area contributed by atoms with Gasteiger partial charge in [-0.05, 0) is 31.2 Å². The largest absolute Gasteiger partial charge is 0.502 e. The predicted octanol–water partition coefficient (Wildman–Crippen LogP) is 3.49.